The Kier molecular flexibility index (Phi) is 5.04. The lowest BCUT2D eigenvalue weighted by Gasteiger charge is -2.31. The van der Waals surface area contributed by atoms with Crippen molar-refractivity contribution < 1.29 is 14.3 Å². The molecular weight excluding hydrogens is 306 g/mol. The van der Waals surface area contributed by atoms with Gasteiger partial charge >= 0.3 is 0 Å². The molecule has 1 saturated heterocycles. The van der Waals surface area contributed by atoms with Crippen LogP contribution in [-0.2, 0) is 7.05 Å². The van der Waals surface area contributed by atoms with Gasteiger partial charge in [-0.15, -0.1) is 0 Å². The molecule has 1 aliphatic heterocycles. The molecule has 2 aromatic rings. The van der Waals surface area contributed by atoms with Crippen molar-refractivity contribution in [1.82, 2.24) is 14.7 Å². The second-order valence-electron chi connectivity index (χ2n) is 6.56. The van der Waals surface area contributed by atoms with Crippen LogP contribution in [0.4, 0.5) is 0 Å². The summed E-state index contributed by atoms with van der Waals surface area (Å²) in [5, 5.41) is 14.7. The highest BCUT2D eigenvalue weighted by atomic mass is 16.4. The zero-order valence-electron chi connectivity index (χ0n) is 14.3. The van der Waals surface area contributed by atoms with Gasteiger partial charge in [-0.25, -0.2) is 0 Å². The van der Waals surface area contributed by atoms with Crippen LogP contribution in [0.1, 0.15) is 60.2 Å². The largest absolute Gasteiger partial charge is 0.467 e. The Morgan fingerprint density at radius 1 is 1.46 bits per heavy atom. The average Bonchev–Trinajstić information content (AvgIpc) is 3.13. The number of aryl methyl sites for hydroxylation is 2. The first-order valence-electron chi connectivity index (χ1n) is 8.59. The quantitative estimate of drug-likeness (QED) is 0.935. The summed E-state index contributed by atoms with van der Waals surface area (Å²) >= 11 is 0. The zero-order chi connectivity index (χ0) is 17.1. The summed E-state index contributed by atoms with van der Waals surface area (Å²) in [6.45, 7) is 2.61. The fourth-order valence-corrected chi connectivity index (χ4v) is 3.50. The Labute approximate surface area is 142 Å². The van der Waals surface area contributed by atoms with E-state index < -0.39 is 6.10 Å². The molecule has 0 aromatic carbocycles. The number of furan rings is 1. The third kappa shape index (κ3) is 3.53. The number of aromatic nitrogens is 2. The van der Waals surface area contributed by atoms with Gasteiger partial charge in [0.25, 0.3) is 5.91 Å². The fourth-order valence-electron chi connectivity index (χ4n) is 3.50. The van der Waals surface area contributed by atoms with E-state index in [9.17, 15) is 9.90 Å². The highest BCUT2D eigenvalue weighted by Gasteiger charge is 2.30. The lowest BCUT2D eigenvalue weighted by Crippen LogP contribution is -2.41. The van der Waals surface area contributed by atoms with E-state index in [1.54, 1.807) is 30.1 Å². The van der Waals surface area contributed by atoms with E-state index in [1.807, 2.05) is 17.9 Å². The minimum absolute atomic E-state index is 0.00311. The molecule has 130 valence electrons. The van der Waals surface area contributed by atoms with Crippen LogP contribution in [0.25, 0.3) is 0 Å². The highest BCUT2D eigenvalue weighted by molar-refractivity contribution is 5.93. The summed E-state index contributed by atoms with van der Waals surface area (Å²) in [6.07, 6.45) is 5.46. The fraction of sp³-hybridized carbons (Fsp3) is 0.556. The molecule has 2 atom stereocenters. The maximum atomic E-state index is 13.0. The number of carbonyl (C=O) groups excluding carboxylic acids is 1. The summed E-state index contributed by atoms with van der Waals surface area (Å²) in [7, 11) is 1.80. The van der Waals surface area contributed by atoms with Gasteiger partial charge < -0.3 is 14.4 Å². The molecule has 0 aliphatic carbocycles. The minimum atomic E-state index is -0.688. The standard InChI is InChI=1S/C18H25N3O3/c1-13-11-15(20(2)19-13)18(23)21-9-5-3-4-7-14(21)12-16(22)17-8-6-10-24-17/h6,8,10-11,14,16,22H,3-5,7,9,12H2,1-2H3. The molecule has 24 heavy (non-hydrogen) atoms. The smallest absolute Gasteiger partial charge is 0.272 e. The Morgan fingerprint density at radius 3 is 2.96 bits per heavy atom. The molecule has 1 amide bonds. The van der Waals surface area contributed by atoms with Crippen molar-refractivity contribution >= 4 is 5.91 Å². The third-order valence-corrected chi connectivity index (χ3v) is 4.73. The zero-order valence-corrected chi connectivity index (χ0v) is 14.3. The molecule has 1 N–H and O–H groups in total. The molecule has 0 saturated carbocycles. The van der Waals surface area contributed by atoms with Crippen LogP contribution in [0.15, 0.2) is 28.9 Å². The molecule has 6 nitrogen and oxygen atoms in total. The van der Waals surface area contributed by atoms with Crippen LogP contribution in [-0.4, -0.2) is 38.3 Å². The number of amides is 1. The Morgan fingerprint density at radius 2 is 2.29 bits per heavy atom. The normalized spacial score (nSPS) is 20.0. The summed E-state index contributed by atoms with van der Waals surface area (Å²) in [6, 6.07) is 5.38. The summed E-state index contributed by atoms with van der Waals surface area (Å²) in [4.78, 5) is 14.9. The molecule has 2 aromatic heterocycles. The Hall–Kier alpha value is -2.08. The van der Waals surface area contributed by atoms with E-state index in [2.05, 4.69) is 5.10 Å². The van der Waals surface area contributed by atoms with E-state index in [0.717, 1.165) is 37.9 Å². The van der Waals surface area contributed by atoms with Crippen molar-refractivity contribution in [3.63, 3.8) is 0 Å². The van der Waals surface area contributed by atoms with Crippen LogP contribution >= 0.6 is 0 Å². The summed E-state index contributed by atoms with van der Waals surface area (Å²) < 4.78 is 6.94. The second kappa shape index (κ2) is 7.21. The molecule has 2 unspecified atom stereocenters. The van der Waals surface area contributed by atoms with Gasteiger partial charge in [0.1, 0.15) is 17.6 Å². The van der Waals surface area contributed by atoms with Crippen LogP contribution in [0.3, 0.4) is 0 Å². The molecule has 0 bridgehead atoms. The first kappa shape index (κ1) is 16.8. The number of nitrogens with zero attached hydrogens (tertiary/aromatic N) is 3. The van der Waals surface area contributed by atoms with Crippen molar-refractivity contribution in [3.8, 4) is 0 Å². The van der Waals surface area contributed by atoms with Gasteiger partial charge in [-0.05, 0) is 38.0 Å². The second-order valence-corrected chi connectivity index (χ2v) is 6.56. The topological polar surface area (TPSA) is 71.5 Å². The first-order chi connectivity index (χ1) is 11.6. The summed E-state index contributed by atoms with van der Waals surface area (Å²) in [5.74, 6) is 0.555. The van der Waals surface area contributed by atoms with Crippen LogP contribution in [0.5, 0.6) is 0 Å². The van der Waals surface area contributed by atoms with E-state index in [0.29, 0.717) is 17.9 Å². The van der Waals surface area contributed by atoms with Crippen molar-refractivity contribution in [2.75, 3.05) is 6.54 Å². The number of carbonyl (C=O) groups is 1. The van der Waals surface area contributed by atoms with E-state index in [-0.39, 0.29) is 11.9 Å². The van der Waals surface area contributed by atoms with Gasteiger partial charge in [-0.1, -0.05) is 12.8 Å². The summed E-state index contributed by atoms with van der Waals surface area (Å²) in [5.41, 5.74) is 1.44. The lowest BCUT2D eigenvalue weighted by atomic mass is 10.0. The van der Waals surface area contributed by atoms with Crippen molar-refractivity contribution in [3.05, 3.63) is 41.6 Å². The van der Waals surface area contributed by atoms with Crippen LogP contribution < -0.4 is 0 Å². The van der Waals surface area contributed by atoms with E-state index >= 15 is 0 Å². The molecule has 6 heteroatoms. The van der Waals surface area contributed by atoms with Crippen molar-refractivity contribution in [2.45, 2.75) is 51.2 Å². The Balaban J connectivity index is 1.79. The van der Waals surface area contributed by atoms with Gasteiger partial charge in [0.05, 0.1) is 12.0 Å². The molecule has 0 spiro atoms. The number of rotatable bonds is 4. The molecule has 3 rings (SSSR count). The maximum absolute atomic E-state index is 13.0. The van der Waals surface area contributed by atoms with E-state index in [1.165, 1.54) is 0 Å². The maximum Gasteiger partial charge on any atom is 0.272 e. The molecule has 1 aliphatic rings. The minimum Gasteiger partial charge on any atom is -0.467 e. The monoisotopic (exact) mass is 331 g/mol. The molecular formula is C18H25N3O3. The van der Waals surface area contributed by atoms with E-state index in [4.69, 9.17) is 4.42 Å². The molecule has 1 fully saturated rings. The number of aliphatic hydroxyl groups excluding tert-OH is 1. The van der Waals surface area contributed by atoms with Gasteiger partial charge in [0.15, 0.2) is 0 Å². The van der Waals surface area contributed by atoms with Crippen molar-refractivity contribution in [2.24, 2.45) is 7.05 Å². The third-order valence-electron chi connectivity index (χ3n) is 4.73. The van der Waals surface area contributed by atoms with Crippen LogP contribution in [0.2, 0.25) is 0 Å². The van der Waals surface area contributed by atoms with Gasteiger partial charge in [-0.3, -0.25) is 9.48 Å². The predicted molar refractivity (Wildman–Crippen MR) is 89.5 cm³/mol. The predicted octanol–water partition coefficient (Wildman–Crippen LogP) is 2.83. The van der Waals surface area contributed by atoms with Crippen molar-refractivity contribution in [1.29, 1.82) is 0 Å². The molecule has 3 heterocycles. The van der Waals surface area contributed by atoms with Gasteiger partial charge in [0, 0.05) is 26.1 Å². The number of hydrogen-bond acceptors (Lipinski definition) is 4. The number of likely N-dealkylation sites (tertiary alicyclic amines) is 1. The first-order valence-corrected chi connectivity index (χ1v) is 8.59. The lowest BCUT2D eigenvalue weighted by molar-refractivity contribution is 0.0547. The number of aliphatic hydroxyl groups is 1. The van der Waals surface area contributed by atoms with Gasteiger partial charge in [-0.2, -0.15) is 5.10 Å². The van der Waals surface area contributed by atoms with Crippen LogP contribution in [0, 0.1) is 6.92 Å². The average molecular weight is 331 g/mol. The van der Waals surface area contributed by atoms with Gasteiger partial charge in [0.2, 0.25) is 0 Å². The Bertz CT molecular complexity index is 678. The number of hydrogen-bond donors (Lipinski definition) is 1. The molecule has 0 radical (unpaired) electrons. The highest BCUT2D eigenvalue weighted by Crippen LogP contribution is 2.27. The SMILES string of the molecule is Cc1cc(C(=O)N2CCCCCC2CC(O)c2ccco2)n(C)n1.